The van der Waals surface area contributed by atoms with Gasteiger partial charge in [-0.1, -0.05) is 91.2 Å². The molecule has 0 bridgehead atoms. The second-order valence-corrected chi connectivity index (χ2v) is 17.7. The Balaban J connectivity index is 0. The third-order valence-corrected chi connectivity index (χ3v) is 8.67. The van der Waals surface area contributed by atoms with Gasteiger partial charge in [-0.15, -0.1) is 29.8 Å². The molecule has 0 N–H and O–H groups in total. The predicted molar refractivity (Wildman–Crippen MR) is 157 cm³/mol. The van der Waals surface area contributed by atoms with E-state index in [0.29, 0.717) is 0 Å². The predicted octanol–water partition coefficient (Wildman–Crippen LogP) is 3.03. The summed E-state index contributed by atoms with van der Waals surface area (Å²) < 4.78 is 0. The second kappa shape index (κ2) is 14.5. The SMILES string of the molecule is C=C.C[Si](C)(C)c1cc[cH-]c1.Cc1[c-]c2c(cc1C(C)(C)C)-c1cc(C(C)(C)C)c(C)cc1C2.[Cl-].[Cl-].[Hf+4]. The molecule has 3 aromatic rings. The maximum absolute atomic E-state index is 3.69. The van der Waals surface area contributed by atoms with Gasteiger partial charge in [0.2, 0.25) is 0 Å². The monoisotopic (exact) mass is 720 g/mol. The van der Waals surface area contributed by atoms with Gasteiger partial charge in [0.05, 0.1) is 0 Å². The Morgan fingerprint density at radius 2 is 1.35 bits per heavy atom. The van der Waals surface area contributed by atoms with Crippen molar-refractivity contribution in [2.75, 3.05) is 0 Å². The Morgan fingerprint density at radius 3 is 1.76 bits per heavy atom. The van der Waals surface area contributed by atoms with Crippen molar-refractivity contribution < 1.29 is 50.7 Å². The van der Waals surface area contributed by atoms with Gasteiger partial charge in [-0.25, -0.2) is 11.3 Å². The summed E-state index contributed by atoms with van der Waals surface area (Å²) in [6.45, 7) is 31.3. The van der Waals surface area contributed by atoms with Gasteiger partial charge in [0, 0.05) is 8.07 Å². The summed E-state index contributed by atoms with van der Waals surface area (Å²) >= 11 is 0. The molecule has 37 heavy (non-hydrogen) atoms. The molecular formula is C33H46Cl2HfSi. The van der Waals surface area contributed by atoms with E-state index in [1.54, 1.807) is 5.19 Å². The molecular weight excluding hydrogens is 674 g/mol. The molecule has 4 rings (SSSR count). The standard InChI is InChI=1S/C23H29.C8H13Si.C2H4.2ClH.Hf/c1-14-9-16-11-17-10-15(2)21(23(6,7)8)13-19(17)18(16)12-20(14)22(3,4)5;1-9(2,3)8-6-4-5-7-8;1-2;;;/h9,12-13H,11H2,1-8H3;4-7H,1-3H3;1-2H2;2*1H;/q2*-1;;;;+4/p-2. The zero-order chi connectivity index (χ0) is 26.1. The summed E-state index contributed by atoms with van der Waals surface area (Å²) in [5.41, 5.74) is 11.6. The first kappa shape index (κ1) is 38.3. The van der Waals surface area contributed by atoms with Crippen molar-refractivity contribution in [2.24, 2.45) is 0 Å². The van der Waals surface area contributed by atoms with Crippen molar-refractivity contribution >= 4 is 13.3 Å². The summed E-state index contributed by atoms with van der Waals surface area (Å²) in [6, 6.07) is 19.6. The third-order valence-electron chi connectivity index (χ3n) is 6.61. The minimum atomic E-state index is -0.981. The maximum Gasteiger partial charge on any atom is 4.00 e. The van der Waals surface area contributed by atoms with Gasteiger partial charge in [-0.3, -0.25) is 0 Å². The van der Waals surface area contributed by atoms with E-state index in [-0.39, 0.29) is 61.5 Å². The fourth-order valence-electron chi connectivity index (χ4n) is 4.90. The Morgan fingerprint density at radius 1 is 0.838 bits per heavy atom. The molecule has 0 nitrogen and oxygen atoms in total. The van der Waals surface area contributed by atoms with Gasteiger partial charge in [0.1, 0.15) is 0 Å². The number of rotatable bonds is 1. The Labute approximate surface area is 260 Å². The van der Waals surface area contributed by atoms with E-state index in [9.17, 15) is 0 Å². The Bertz CT molecular complexity index is 1060. The third kappa shape index (κ3) is 9.41. The van der Waals surface area contributed by atoms with Crippen molar-refractivity contribution in [1.29, 1.82) is 0 Å². The molecule has 0 radical (unpaired) electrons. The van der Waals surface area contributed by atoms with Gasteiger partial charge in [0.25, 0.3) is 0 Å². The molecule has 0 amide bonds. The Hall–Kier alpha value is -0.803. The molecule has 3 aromatic carbocycles. The first-order valence-electron chi connectivity index (χ1n) is 12.5. The first-order chi connectivity index (χ1) is 15.6. The van der Waals surface area contributed by atoms with Gasteiger partial charge >= 0.3 is 25.8 Å². The minimum Gasteiger partial charge on any atom is -1.00 e. The van der Waals surface area contributed by atoms with E-state index < -0.39 is 8.07 Å². The van der Waals surface area contributed by atoms with Crippen LogP contribution in [0.4, 0.5) is 0 Å². The Kier molecular flexibility index (Phi) is 15.1. The molecule has 0 unspecified atom stereocenters. The summed E-state index contributed by atoms with van der Waals surface area (Å²) in [4.78, 5) is 0. The van der Waals surface area contributed by atoms with Gasteiger partial charge in [-0.05, 0) is 35.4 Å². The summed E-state index contributed by atoms with van der Waals surface area (Å²) in [5, 5.41) is 1.56. The van der Waals surface area contributed by atoms with E-state index in [2.05, 4.69) is 137 Å². The number of hydrogen-bond donors (Lipinski definition) is 0. The molecule has 0 fully saturated rings. The number of benzene rings is 2. The summed E-state index contributed by atoms with van der Waals surface area (Å²) in [5.74, 6) is 0. The molecule has 200 valence electrons. The molecule has 0 heterocycles. The number of fused-ring (bicyclic) bond motifs is 3. The van der Waals surface area contributed by atoms with E-state index in [4.69, 9.17) is 0 Å². The van der Waals surface area contributed by atoms with E-state index in [1.165, 1.54) is 44.5 Å². The van der Waals surface area contributed by atoms with Crippen LogP contribution in [0.2, 0.25) is 19.6 Å². The van der Waals surface area contributed by atoms with E-state index in [0.717, 1.165) is 6.42 Å². The minimum absolute atomic E-state index is 0. The largest absolute Gasteiger partial charge is 4.00 e. The normalized spacial score (nSPS) is 11.6. The molecule has 0 atom stereocenters. The fraction of sp³-hybridized carbons (Fsp3) is 0.424. The van der Waals surface area contributed by atoms with Crippen molar-refractivity contribution in [3.63, 3.8) is 0 Å². The summed E-state index contributed by atoms with van der Waals surface area (Å²) in [6.07, 6.45) is 1.03. The van der Waals surface area contributed by atoms with Crippen molar-refractivity contribution in [3.8, 4) is 11.1 Å². The number of halogens is 2. The number of hydrogen-bond acceptors (Lipinski definition) is 0. The van der Waals surface area contributed by atoms with Crippen molar-refractivity contribution in [3.05, 3.63) is 95.1 Å². The van der Waals surface area contributed by atoms with Gasteiger partial charge in [0.15, 0.2) is 0 Å². The molecule has 0 saturated carbocycles. The fourth-order valence-corrected chi connectivity index (χ4v) is 6.09. The average Bonchev–Trinajstić information content (AvgIpc) is 3.34. The van der Waals surface area contributed by atoms with Gasteiger partial charge < -0.3 is 24.8 Å². The topological polar surface area (TPSA) is 0 Å². The average molecular weight is 720 g/mol. The molecule has 0 aliphatic heterocycles. The maximum atomic E-state index is 3.69. The first-order valence-corrected chi connectivity index (χ1v) is 16.0. The zero-order valence-corrected chi connectivity index (χ0v) is 31.0. The molecule has 1 aliphatic carbocycles. The van der Waals surface area contributed by atoms with Crippen LogP contribution < -0.4 is 30.0 Å². The second-order valence-electron chi connectivity index (χ2n) is 12.6. The van der Waals surface area contributed by atoms with Crippen LogP contribution in [0.15, 0.2) is 55.6 Å². The summed E-state index contributed by atoms with van der Waals surface area (Å²) in [7, 11) is -0.981. The van der Waals surface area contributed by atoms with Crippen LogP contribution in [-0.4, -0.2) is 8.07 Å². The molecule has 0 spiro atoms. The van der Waals surface area contributed by atoms with Crippen LogP contribution in [0, 0.1) is 19.9 Å². The van der Waals surface area contributed by atoms with Crippen LogP contribution in [0.5, 0.6) is 0 Å². The van der Waals surface area contributed by atoms with Gasteiger partial charge in [-0.2, -0.15) is 35.9 Å². The molecule has 4 heteroatoms. The van der Waals surface area contributed by atoms with Crippen LogP contribution >= 0.6 is 0 Å². The van der Waals surface area contributed by atoms with Crippen LogP contribution in [-0.2, 0) is 43.1 Å². The van der Waals surface area contributed by atoms with Crippen LogP contribution in [0.1, 0.15) is 74.9 Å². The van der Waals surface area contributed by atoms with E-state index in [1.807, 2.05) is 0 Å². The quantitative estimate of drug-likeness (QED) is 0.161. The number of aryl methyl sites for hydroxylation is 2. The zero-order valence-electron chi connectivity index (χ0n) is 24.9. The molecule has 0 aromatic heterocycles. The van der Waals surface area contributed by atoms with Crippen LogP contribution in [0.25, 0.3) is 11.1 Å². The van der Waals surface area contributed by atoms with Crippen LogP contribution in [0.3, 0.4) is 0 Å². The van der Waals surface area contributed by atoms with E-state index >= 15 is 0 Å². The van der Waals surface area contributed by atoms with Crippen molar-refractivity contribution in [2.45, 2.75) is 92.3 Å². The van der Waals surface area contributed by atoms with Crippen molar-refractivity contribution in [1.82, 2.24) is 0 Å². The molecule has 1 aliphatic rings. The smallest absolute Gasteiger partial charge is 1.00 e. The molecule has 0 saturated heterocycles.